The van der Waals surface area contributed by atoms with Crippen molar-refractivity contribution in [1.29, 1.82) is 0 Å². The van der Waals surface area contributed by atoms with Crippen molar-refractivity contribution in [3.63, 3.8) is 0 Å². The van der Waals surface area contributed by atoms with Gasteiger partial charge in [0.1, 0.15) is 6.29 Å². The molecular formula is C6H12N2O2. The number of hydrogen-bond donors (Lipinski definition) is 2. The largest absolute Gasteiger partial charge is 0.368 e. The number of carbonyl (C=O) groups excluding carboxylic acids is 2. The van der Waals surface area contributed by atoms with Crippen molar-refractivity contribution < 1.29 is 9.59 Å². The minimum absolute atomic E-state index is 0.445. The van der Waals surface area contributed by atoms with E-state index < -0.39 is 11.9 Å². The van der Waals surface area contributed by atoms with Crippen LogP contribution in [-0.2, 0) is 9.59 Å². The van der Waals surface area contributed by atoms with Crippen LogP contribution in [0.1, 0.15) is 19.3 Å². The van der Waals surface area contributed by atoms with Crippen molar-refractivity contribution in [3.8, 4) is 0 Å². The van der Waals surface area contributed by atoms with Gasteiger partial charge >= 0.3 is 0 Å². The Morgan fingerprint density at radius 1 is 1.60 bits per heavy atom. The van der Waals surface area contributed by atoms with Crippen molar-refractivity contribution in [3.05, 3.63) is 0 Å². The van der Waals surface area contributed by atoms with E-state index in [-0.39, 0.29) is 0 Å². The van der Waals surface area contributed by atoms with Crippen LogP contribution in [0.2, 0.25) is 0 Å². The van der Waals surface area contributed by atoms with Gasteiger partial charge in [-0.05, 0) is 12.8 Å². The lowest BCUT2D eigenvalue weighted by molar-refractivity contribution is -0.119. The summed E-state index contributed by atoms with van der Waals surface area (Å²) in [5.41, 5.74) is 10.1. The Morgan fingerprint density at radius 3 is 2.60 bits per heavy atom. The molecule has 1 atom stereocenters. The minimum atomic E-state index is -0.597. The molecule has 0 aliphatic heterocycles. The average Bonchev–Trinajstić information content (AvgIpc) is 1.88. The van der Waals surface area contributed by atoms with E-state index in [9.17, 15) is 9.59 Å². The zero-order valence-corrected chi connectivity index (χ0v) is 5.75. The molecule has 0 saturated heterocycles. The third kappa shape index (κ3) is 4.03. The summed E-state index contributed by atoms with van der Waals surface area (Å²) in [6, 6.07) is -0.597. The fraction of sp³-hybridized carbons (Fsp3) is 0.667. The Balaban J connectivity index is 3.30. The highest BCUT2D eigenvalue weighted by atomic mass is 16.1. The predicted molar refractivity (Wildman–Crippen MR) is 37.1 cm³/mol. The Hall–Kier alpha value is -0.900. The lowest BCUT2D eigenvalue weighted by Gasteiger charge is -2.03. The molecule has 0 aliphatic carbocycles. The fourth-order valence-electron chi connectivity index (χ4n) is 0.563. The molecule has 0 saturated carbocycles. The molecule has 0 aliphatic rings. The van der Waals surface area contributed by atoms with Crippen molar-refractivity contribution in [2.45, 2.75) is 25.3 Å². The lowest BCUT2D eigenvalue weighted by Crippen LogP contribution is -2.36. The second kappa shape index (κ2) is 4.93. The predicted octanol–water partition coefficient (Wildman–Crippen LogP) is -0.832. The van der Waals surface area contributed by atoms with Crippen molar-refractivity contribution in [2.75, 3.05) is 0 Å². The molecule has 0 heterocycles. The molecule has 4 heteroatoms. The van der Waals surface area contributed by atoms with E-state index >= 15 is 0 Å². The molecule has 0 spiro atoms. The Labute approximate surface area is 59.6 Å². The molecule has 0 aromatic rings. The van der Waals surface area contributed by atoms with Gasteiger partial charge in [-0.1, -0.05) is 0 Å². The van der Waals surface area contributed by atoms with E-state index in [0.717, 1.165) is 6.29 Å². The van der Waals surface area contributed by atoms with Gasteiger partial charge in [-0.2, -0.15) is 0 Å². The van der Waals surface area contributed by atoms with Crippen LogP contribution in [0.4, 0.5) is 0 Å². The molecule has 1 amide bonds. The first-order valence-corrected chi connectivity index (χ1v) is 3.17. The molecule has 0 aromatic heterocycles. The number of unbranched alkanes of at least 4 members (excludes halogenated alkanes) is 1. The third-order valence-corrected chi connectivity index (χ3v) is 1.20. The SMILES string of the molecule is NC(=O)[C@@H](N)CCCC=O. The number of hydrogen-bond acceptors (Lipinski definition) is 3. The minimum Gasteiger partial charge on any atom is -0.368 e. The van der Waals surface area contributed by atoms with Gasteiger partial charge in [0.25, 0.3) is 0 Å². The number of nitrogens with two attached hydrogens (primary N) is 2. The van der Waals surface area contributed by atoms with Crippen LogP contribution in [0, 0.1) is 0 Å². The highest BCUT2D eigenvalue weighted by Gasteiger charge is 2.06. The summed E-state index contributed by atoms with van der Waals surface area (Å²) in [5, 5.41) is 0. The van der Waals surface area contributed by atoms with Crippen LogP contribution in [0.25, 0.3) is 0 Å². The van der Waals surface area contributed by atoms with Crippen LogP contribution < -0.4 is 11.5 Å². The second-order valence-corrected chi connectivity index (χ2v) is 2.11. The van der Waals surface area contributed by atoms with Gasteiger partial charge in [0.05, 0.1) is 6.04 Å². The summed E-state index contributed by atoms with van der Waals surface area (Å²) >= 11 is 0. The molecule has 0 unspecified atom stereocenters. The van der Waals surface area contributed by atoms with Gasteiger partial charge in [0, 0.05) is 6.42 Å². The normalized spacial score (nSPS) is 12.5. The zero-order valence-electron chi connectivity index (χ0n) is 5.75. The summed E-state index contributed by atoms with van der Waals surface area (Å²) in [7, 11) is 0. The molecule has 0 radical (unpaired) electrons. The number of aldehydes is 1. The molecule has 0 aromatic carbocycles. The van der Waals surface area contributed by atoms with E-state index in [2.05, 4.69) is 0 Å². The van der Waals surface area contributed by atoms with Gasteiger partial charge in [0.15, 0.2) is 0 Å². The van der Waals surface area contributed by atoms with Gasteiger partial charge in [-0.3, -0.25) is 4.79 Å². The molecule has 58 valence electrons. The van der Waals surface area contributed by atoms with Crippen LogP contribution >= 0.6 is 0 Å². The van der Waals surface area contributed by atoms with Crippen molar-refractivity contribution in [1.82, 2.24) is 0 Å². The lowest BCUT2D eigenvalue weighted by atomic mass is 10.1. The summed E-state index contributed by atoms with van der Waals surface area (Å²) in [4.78, 5) is 20.1. The Bertz CT molecular complexity index is 125. The summed E-state index contributed by atoms with van der Waals surface area (Å²) in [6.45, 7) is 0. The first-order chi connectivity index (χ1) is 4.68. The molecule has 0 fully saturated rings. The topological polar surface area (TPSA) is 86.2 Å². The number of rotatable bonds is 5. The first-order valence-electron chi connectivity index (χ1n) is 3.17. The smallest absolute Gasteiger partial charge is 0.234 e. The van der Waals surface area contributed by atoms with Gasteiger partial charge < -0.3 is 16.3 Å². The summed E-state index contributed by atoms with van der Waals surface area (Å²) < 4.78 is 0. The quantitative estimate of drug-likeness (QED) is 0.390. The van der Waals surface area contributed by atoms with Gasteiger partial charge in [0.2, 0.25) is 5.91 Å². The van der Waals surface area contributed by atoms with Crippen LogP contribution in [0.3, 0.4) is 0 Å². The maximum Gasteiger partial charge on any atom is 0.234 e. The van der Waals surface area contributed by atoms with E-state index in [0.29, 0.717) is 19.3 Å². The van der Waals surface area contributed by atoms with E-state index in [1.807, 2.05) is 0 Å². The molecular weight excluding hydrogens is 132 g/mol. The zero-order chi connectivity index (χ0) is 7.98. The van der Waals surface area contributed by atoms with Crippen LogP contribution in [-0.4, -0.2) is 18.2 Å². The molecule has 4 N–H and O–H groups in total. The monoisotopic (exact) mass is 144 g/mol. The van der Waals surface area contributed by atoms with E-state index in [1.165, 1.54) is 0 Å². The summed E-state index contributed by atoms with van der Waals surface area (Å²) in [5.74, 6) is -0.508. The number of amides is 1. The van der Waals surface area contributed by atoms with Crippen molar-refractivity contribution in [2.24, 2.45) is 11.5 Å². The fourth-order valence-corrected chi connectivity index (χ4v) is 0.563. The molecule has 0 rings (SSSR count). The highest BCUT2D eigenvalue weighted by molar-refractivity contribution is 5.79. The third-order valence-electron chi connectivity index (χ3n) is 1.20. The Kier molecular flexibility index (Phi) is 4.49. The summed E-state index contributed by atoms with van der Waals surface area (Å²) in [6.07, 6.45) is 2.37. The van der Waals surface area contributed by atoms with Gasteiger partial charge in [-0.25, -0.2) is 0 Å². The maximum absolute atomic E-state index is 10.3. The van der Waals surface area contributed by atoms with Crippen molar-refractivity contribution >= 4 is 12.2 Å². The standard InChI is InChI=1S/C6H12N2O2/c7-5(6(8)10)3-1-2-4-9/h4-5H,1-3,7H2,(H2,8,10)/t5-/m0/s1. The first kappa shape index (κ1) is 9.10. The number of carbonyl (C=O) groups is 2. The maximum atomic E-state index is 10.3. The van der Waals surface area contributed by atoms with Crippen LogP contribution in [0.5, 0.6) is 0 Å². The van der Waals surface area contributed by atoms with Gasteiger partial charge in [-0.15, -0.1) is 0 Å². The number of primary amides is 1. The molecule has 10 heavy (non-hydrogen) atoms. The Morgan fingerprint density at radius 2 is 2.20 bits per heavy atom. The van der Waals surface area contributed by atoms with E-state index in [1.54, 1.807) is 0 Å². The highest BCUT2D eigenvalue weighted by Crippen LogP contribution is 1.95. The van der Waals surface area contributed by atoms with Crippen LogP contribution in [0.15, 0.2) is 0 Å². The molecule has 0 bridgehead atoms. The second-order valence-electron chi connectivity index (χ2n) is 2.11. The molecule has 4 nitrogen and oxygen atoms in total. The average molecular weight is 144 g/mol. The van der Waals surface area contributed by atoms with E-state index in [4.69, 9.17) is 11.5 Å².